The van der Waals surface area contributed by atoms with Crippen LogP contribution in [0.1, 0.15) is 15.9 Å². The second kappa shape index (κ2) is 5.05. The van der Waals surface area contributed by atoms with Crippen molar-refractivity contribution < 1.29 is 4.79 Å². The predicted molar refractivity (Wildman–Crippen MR) is 78.4 cm³/mol. The number of aromatic nitrogens is 2. The monoisotopic (exact) mass is 266 g/mol. The largest absolute Gasteiger partial charge is 0.380 e. The minimum absolute atomic E-state index is 0.410. The van der Waals surface area contributed by atoms with Crippen molar-refractivity contribution in [3.05, 3.63) is 59.8 Å². The van der Waals surface area contributed by atoms with E-state index < -0.39 is 5.91 Å². The average molecular weight is 266 g/mol. The number of amides is 1. The van der Waals surface area contributed by atoms with Gasteiger partial charge in [0.1, 0.15) is 0 Å². The molecule has 0 radical (unpaired) electrons. The molecule has 3 aromatic rings. The molecule has 0 aliphatic heterocycles. The van der Waals surface area contributed by atoms with Crippen LogP contribution in [-0.4, -0.2) is 16.1 Å². The summed E-state index contributed by atoms with van der Waals surface area (Å²) in [6.07, 6.45) is 1.80. The number of nitrogens with zero attached hydrogens (tertiary/aromatic N) is 1. The van der Waals surface area contributed by atoms with Crippen LogP contribution in [0.25, 0.3) is 10.9 Å². The third-order valence-corrected chi connectivity index (χ3v) is 3.21. The molecule has 0 saturated carbocycles. The number of rotatable bonds is 4. The van der Waals surface area contributed by atoms with Gasteiger partial charge >= 0.3 is 0 Å². The number of aromatic amines is 1. The molecule has 3 rings (SSSR count). The Balaban J connectivity index is 1.76. The summed E-state index contributed by atoms with van der Waals surface area (Å²) in [5.74, 6) is -0.410. The van der Waals surface area contributed by atoms with Gasteiger partial charge in [0.15, 0.2) is 0 Å². The molecule has 1 amide bonds. The lowest BCUT2D eigenvalue weighted by Crippen LogP contribution is -2.10. The van der Waals surface area contributed by atoms with Gasteiger partial charge < -0.3 is 11.1 Å². The lowest BCUT2D eigenvalue weighted by atomic mass is 10.1. The number of fused-ring (bicyclic) bond motifs is 1. The zero-order chi connectivity index (χ0) is 13.9. The van der Waals surface area contributed by atoms with Crippen LogP contribution in [0.2, 0.25) is 0 Å². The number of benzene rings is 2. The van der Waals surface area contributed by atoms with Crippen LogP contribution in [0.4, 0.5) is 5.69 Å². The fourth-order valence-electron chi connectivity index (χ4n) is 2.11. The Hall–Kier alpha value is -2.82. The van der Waals surface area contributed by atoms with E-state index in [-0.39, 0.29) is 0 Å². The Bertz CT molecular complexity index is 746. The number of hydrogen-bond acceptors (Lipinski definition) is 3. The molecule has 1 aromatic heterocycles. The summed E-state index contributed by atoms with van der Waals surface area (Å²) in [5.41, 5.74) is 8.84. The smallest absolute Gasteiger partial charge is 0.248 e. The third kappa shape index (κ3) is 2.33. The van der Waals surface area contributed by atoms with E-state index in [1.54, 1.807) is 18.3 Å². The molecule has 1 heterocycles. The maximum absolute atomic E-state index is 11.0. The van der Waals surface area contributed by atoms with Crippen LogP contribution < -0.4 is 11.1 Å². The standard InChI is InChI=1S/C15H14N4O/c16-15(20)11-6-4-10(5-7-11)8-17-13-2-1-3-14-12(13)9-18-19-14/h1-7,9,17H,8H2,(H2,16,20)(H,18,19). The average Bonchev–Trinajstić information content (AvgIpc) is 2.94. The lowest BCUT2D eigenvalue weighted by Gasteiger charge is -2.08. The third-order valence-electron chi connectivity index (χ3n) is 3.21. The molecular weight excluding hydrogens is 252 g/mol. The molecule has 0 saturated heterocycles. The summed E-state index contributed by atoms with van der Waals surface area (Å²) in [7, 11) is 0. The van der Waals surface area contributed by atoms with Gasteiger partial charge in [0.25, 0.3) is 0 Å². The van der Waals surface area contributed by atoms with Gasteiger partial charge in [0.05, 0.1) is 11.7 Å². The second-order valence-electron chi connectivity index (χ2n) is 4.55. The quantitative estimate of drug-likeness (QED) is 0.677. The summed E-state index contributed by atoms with van der Waals surface area (Å²) in [5, 5.41) is 11.4. The molecule has 0 aliphatic carbocycles. The van der Waals surface area contributed by atoms with Gasteiger partial charge in [-0.05, 0) is 29.8 Å². The first-order valence-corrected chi connectivity index (χ1v) is 6.29. The molecule has 0 unspecified atom stereocenters. The summed E-state index contributed by atoms with van der Waals surface area (Å²) >= 11 is 0. The first kappa shape index (κ1) is 12.2. The number of carbonyl (C=O) groups excluding carboxylic acids is 1. The number of H-pyrrole nitrogens is 1. The highest BCUT2D eigenvalue weighted by Crippen LogP contribution is 2.21. The van der Waals surface area contributed by atoms with E-state index in [9.17, 15) is 4.79 Å². The van der Waals surface area contributed by atoms with Gasteiger partial charge in [0, 0.05) is 23.2 Å². The van der Waals surface area contributed by atoms with E-state index in [2.05, 4.69) is 15.5 Å². The van der Waals surface area contributed by atoms with Gasteiger partial charge in [-0.15, -0.1) is 0 Å². The van der Waals surface area contributed by atoms with Crippen molar-refractivity contribution in [3.63, 3.8) is 0 Å². The summed E-state index contributed by atoms with van der Waals surface area (Å²) in [4.78, 5) is 11.0. The first-order chi connectivity index (χ1) is 9.74. The lowest BCUT2D eigenvalue weighted by molar-refractivity contribution is 0.100. The molecule has 2 aromatic carbocycles. The van der Waals surface area contributed by atoms with Crippen molar-refractivity contribution in [1.29, 1.82) is 0 Å². The van der Waals surface area contributed by atoms with Crippen molar-refractivity contribution in [3.8, 4) is 0 Å². The first-order valence-electron chi connectivity index (χ1n) is 6.29. The number of anilines is 1. The Labute approximate surface area is 115 Å². The minimum Gasteiger partial charge on any atom is -0.380 e. The summed E-state index contributed by atoms with van der Waals surface area (Å²) in [6, 6.07) is 13.2. The molecule has 0 aliphatic rings. The minimum atomic E-state index is -0.410. The van der Waals surface area contributed by atoms with Crippen molar-refractivity contribution in [2.24, 2.45) is 5.73 Å². The van der Waals surface area contributed by atoms with Crippen molar-refractivity contribution in [2.75, 3.05) is 5.32 Å². The van der Waals surface area contributed by atoms with Gasteiger partial charge in [-0.3, -0.25) is 9.89 Å². The zero-order valence-corrected chi connectivity index (χ0v) is 10.8. The molecule has 5 nitrogen and oxygen atoms in total. The van der Waals surface area contributed by atoms with Crippen LogP contribution in [0.15, 0.2) is 48.7 Å². The summed E-state index contributed by atoms with van der Waals surface area (Å²) in [6.45, 7) is 0.670. The van der Waals surface area contributed by atoms with Gasteiger partial charge in [-0.1, -0.05) is 18.2 Å². The van der Waals surface area contributed by atoms with Crippen LogP contribution in [-0.2, 0) is 6.54 Å². The second-order valence-corrected chi connectivity index (χ2v) is 4.55. The maximum atomic E-state index is 11.0. The molecule has 5 heteroatoms. The highest BCUT2D eigenvalue weighted by Gasteiger charge is 2.03. The Morgan fingerprint density at radius 1 is 1.20 bits per heavy atom. The van der Waals surface area contributed by atoms with Gasteiger partial charge in [-0.25, -0.2) is 0 Å². The van der Waals surface area contributed by atoms with Crippen molar-refractivity contribution in [2.45, 2.75) is 6.54 Å². The fourth-order valence-corrected chi connectivity index (χ4v) is 2.11. The van der Waals surface area contributed by atoms with Crippen molar-refractivity contribution >= 4 is 22.5 Å². The maximum Gasteiger partial charge on any atom is 0.248 e. The van der Waals surface area contributed by atoms with Crippen LogP contribution in [0, 0.1) is 0 Å². The summed E-state index contributed by atoms with van der Waals surface area (Å²) < 4.78 is 0. The topological polar surface area (TPSA) is 83.8 Å². The van der Waals surface area contributed by atoms with E-state index in [1.165, 1.54) is 0 Å². The molecule has 4 N–H and O–H groups in total. The van der Waals surface area contributed by atoms with E-state index in [1.807, 2.05) is 30.3 Å². The molecule has 0 atom stereocenters. The van der Waals surface area contributed by atoms with Crippen LogP contribution in [0.3, 0.4) is 0 Å². The fraction of sp³-hybridized carbons (Fsp3) is 0.0667. The SMILES string of the molecule is NC(=O)c1ccc(CNc2cccc3[nH]ncc23)cc1. The molecule has 0 bridgehead atoms. The normalized spacial score (nSPS) is 10.6. The predicted octanol–water partition coefficient (Wildman–Crippen LogP) is 2.27. The molecular formula is C15H14N4O. The van der Waals surface area contributed by atoms with E-state index in [4.69, 9.17) is 5.73 Å². The van der Waals surface area contributed by atoms with Crippen LogP contribution >= 0.6 is 0 Å². The zero-order valence-electron chi connectivity index (χ0n) is 10.8. The molecule has 0 fully saturated rings. The molecule has 100 valence electrons. The number of carbonyl (C=O) groups is 1. The van der Waals surface area contributed by atoms with Crippen molar-refractivity contribution in [1.82, 2.24) is 10.2 Å². The number of nitrogens with one attached hydrogen (secondary N) is 2. The molecule has 0 spiro atoms. The van der Waals surface area contributed by atoms with Crippen LogP contribution in [0.5, 0.6) is 0 Å². The van der Waals surface area contributed by atoms with E-state index in [0.717, 1.165) is 22.2 Å². The Morgan fingerprint density at radius 2 is 2.00 bits per heavy atom. The Kier molecular flexibility index (Phi) is 3.09. The highest BCUT2D eigenvalue weighted by atomic mass is 16.1. The highest BCUT2D eigenvalue weighted by molar-refractivity contribution is 5.93. The number of nitrogens with two attached hydrogens (primary N) is 1. The Morgan fingerprint density at radius 3 is 2.75 bits per heavy atom. The van der Waals surface area contributed by atoms with Gasteiger partial charge in [-0.2, -0.15) is 5.10 Å². The molecule has 20 heavy (non-hydrogen) atoms. The van der Waals surface area contributed by atoms with Gasteiger partial charge in [0.2, 0.25) is 5.91 Å². The number of hydrogen-bond donors (Lipinski definition) is 3. The van der Waals surface area contributed by atoms with E-state index >= 15 is 0 Å². The number of primary amides is 1. The van der Waals surface area contributed by atoms with E-state index in [0.29, 0.717) is 12.1 Å².